The van der Waals surface area contributed by atoms with E-state index in [0.29, 0.717) is 12.0 Å². The second-order valence-corrected chi connectivity index (χ2v) is 4.60. The van der Waals surface area contributed by atoms with E-state index in [1.54, 1.807) is 6.26 Å². The van der Waals surface area contributed by atoms with Gasteiger partial charge in [-0.2, -0.15) is 0 Å². The average molecular weight is 244 g/mol. The third-order valence-corrected chi connectivity index (χ3v) is 3.44. The first-order chi connectivity index (χ1) is 6.27. The first-order valence-corrected chi connectivity index (χ1v) is 5.55. The van der Waals surface area contributed by atoms with Crippen molar-refractivity contribution in [2.75, 3.05) is 0 Å². The fourth-order valence-corrected chi connectivity index (χ4v) is 2.50. The second-order valence-electron chi connectivity index (χ2n) is 3.74. The lowest BCUT2D eigenvalue weighted by Gasteiger charge is -2.24. The van der Waals surface area contributed by atoms with Gasteiger partial charge in [0.05, 0.1) is 10.7 Å². The molecule has 2 nitrogen and oxygen atoms in total. The summed E-state index contributed by atoms with van der Waals surface area (Å²) in [6, 6.07) is 2.37. The fourth-order valence-electron chi connectivity index (χ4n) is 1.98. The fraction of sp³-hybridized carbons (Fsp3) is 0.600. The molecular formula is C10H14BrNO. The topological polar surface area (TPSA) is 39.2 Å². The van der Waals surface area contributed by atoms with Crippen molar-refractivity contribution in [1.82, 2.24) is 0 Å². The van der Waals surface area contributed by atoms with Crippen LogP contribution in [-0.2, 0) is 0 Å². The average Bonchev–Trinajstić information content (AvgIpc) is 2.53. The summed E-state index contributed by atoms with van der Waals surface area (Å²) in [6.45, 7) is 0. The zero-order chi connectivity index (χ0) is 9.26. The molecule has 1 saturated carbocycles. The van der Waals surface area contributed by atoms with Crippen LogP contribution in [-0.4, -0.2) is 6.04 Å². The van der Waals surface area contributed by atoms with Gasteiger partial charge >= 0.3 is 0 Å². The van der Waals surface area contributed by atoms with Gasteiger partial charge in [0.25, 0.3) is 0 Å². The highest BCUT2D eigenvalue weighted by Gasteiger charge is 2.23. The molecule has 0 aliphatic heterocycles. The van der Waals surface area contributed by atoms with Gasteiger partial charge in [-0.05, 0) is 47.7 Å². The molecule has 0 bridgehead atoms. The van der Waals surface area contributed by atoms with E-state index in [9.17, 15) is 0 Å². The van der Waals surface area contributed by atoms with Gasteiger partial charge in [0.2, 0.25) is 0 Å². The van der Waals surface area contributed by atoms with Crippen LogP contribution >= 0.6 is 15.9 Å². The van der Waals surface area contributed by atoms with Crippen LogP contribution in [0.1, 0.15) is 37.4 Å². The van der Waals surface area contributed by atoms with Crippen molar-refractivity contribution in [1.29, 1.82) is 0 Å². The summed E-state index contributed by atoms with van der Waals surface area (Å²) in [7, 11) is 0. The smallest absolute Gasteiger partial charge is 0.120 e. The lowest BCUT2D eigenvalue weighted by Crippen LogP contribution is -2.25. The molecule has 1 heterocycles. The molecular weight excluding hydrogens is 230 g/mol. The molecule has 0 atom stereocenters. The molecule has 0 saturated heterocycles. The van der Waals surface area contributed by atoms with Crippen molar-refractivity contribution in [3.05, 3.63) is 22.6 Å². The third-order valence-electron chi connectivity index (χ3n) is 2.79. The summed E-state index contributed by atoms with van der Waals surface area (Å²) in [6.07, 6.45) is 6.31. The Balaban J connectivity index is 2.06. The number of nitrogens with two attached hydrogens (primary N) is 1. The van der Waals surface area contributed by atoms with Crippen molar-refractivity contribution >= 4 is 15.9 Å². The zero-order valence-electron chi connectivity index (χ0n) is 7.50. The van der Waals surface area contributed by atoms with E-state index in [4.69, 9.17) is 10.2 Å². The maximum atomic E-state index is 5.85. The summed E-state index contributed by atoms with van der Waals surface area (Å²) in [5.41, 5.74) is 5.85. The van der Waals surface area contributed by atoms with Crippen molar-refractivity contribution in [2.45, 2.75) is 37.6 Å². The van der Waals surface area contributed by atoms with Crippen LogP contribution < -0.4 is 5.73 Å². The summed E-state index contributed by atoms with van der Waals surface area (Å²) < 4.78 is 6.56. The minimum absolute atomic E-state index is 0.407. The molecule has 2 rings (SSSR count). The van der Waals surface area contributed by atoms with E-state index in [-0.39, 0.29) is 0 Å². The van der Waals surface area contributed by atoms with Gasteiger partial charge in [-0.15, -0.1) is 0 Å². The van der Waals surface area contributed by atoms with E-state index in [1.807, 2.05) is 6.07 Å². The monoisotopic (exact) mass is 243 g/mol. The Bertz CT molecular complexity index is 276. The number of rotatable bonds is 1. The zero-order valence-corrected chi connectivity index (χ0v) is 9.09. The van der Waals surface area contributed by atoms with Crippen molar-refractivity contribution in [2.24, 2.45) is 5.73 Å². The third kappa shape index (κ3) is 1.97. The summed E-state index contributed by atoms with van der Waals surface area (Å²) in [5, 5.41) is 0. The highest BCUT2D eigenvalue weighted by atomic mass is 79.9. The predicted octanol–water partition coefficient (Wildman–Crippen LogP) is 3.03. The number of hydrogen-bond donors (Lipinski definition) is 1. The standard InChI is InChI=1S/C10H14BrNO/c11-9-5-6-13-10(9)7-1-3-8(12)4-2-7/h5-8H,1-4,12H2. The molecule has 0 unspecified atom stereocenters. The Labute approximate surface area is 86.6 Å². The maximum absolute atomic E-state index is 5.85. The van der Waals surface area contributed by atoms with Gasteiger partial charge < -0.3 is 10.2 Å². The van der Waals surface area contributed by atoms with E-state index in [1.165, 1.54) is 0 Å². The Morgan fingerprint density at radius 2 is 2.00 bits per heavy atom. The Hall–Kier alpha value is -0.280. The molecule has 3 heteroatoms. The number of furan rings is 1. The molecule has 1 aromatic heterocycles. The molecule has 1 fully saturated rings. The highest BCUT2D eigenvalue weighted by molar-refractivity contribution is 9.10. The largest absolute Gasteiger partial charge is 0.468 e. The normalized spacial score (nSPS) is 29.1. The Morgan fingerprint density at radius 3 is 2.54 bits per heavy atom. The van der Waals surface area contributed by atoms with Gasteiger partial charge in [-0.25, -0.2) is 0 Å². The van der Waals surface area contributed by atoms with Crippen LogP contribution in [0.4, 0.5) is 0 Å². The molecule has 0 amide bonds. The van der Waals surface area contributed by atoms with Crippen LogP contribution in [0.15, 0.2) is 21.2 Å². The van der Waals surface area contributed by atoms with Gasteiger partial charge in [0.15, 0.2) is 0 Å². The van der Waals surface area contributed by atoms with Crippen molar-refractivity contribution in [3.8, 4) is 0 Å². The quantitative estimate of drug-likeness (QED) is 0.824. The molecule has 72 valence electrons. The molecule has 0 radical (unpaired) electrons. The molecule has 1 aliphatic rings. The van der Waals surface area contributed by atoms with Crippen LogP contribution in [0.2, 0.25) is 0 Å². The molecule has 0 aromatic carbocycles. The maximum Gasteiger partial charge on any atom is 0.120 e. The first kappa shape index (κ1) is 9.28. The number of hydrogen-bond acceptors (Lipinski definition) is 2. The van der Waals surface area contributed by atoms with Crippen molar-refractivity contribution < 1.29 is 4.42 Å². The van der Waals surface area contributed by atoms with Gasteiger partial charge in [-0.3, -0.25) is 0 Å². The lowest BCUT2D eigenvalue weighted by atomic mass is 9.85. The van der Waals surface area contributed by atoms with E-state index in [2.05, 4.69) is 15.9 Å². The molecule has 0 spiro atoms. The molecule has 13 heavy (non-hydrogen) atoms. The van der Waals surface area contributed by atoms with Crippen LogP contribution in [0.25, 0.3) is 0 Å². The van der Waals surface area contributed by atoms with Gasteiger partial charge in [0.1, 0.15) is 5.76 Å². The minimum atomic E-state index is 0.407. The Kier molecular flexibility index (Phi) is 2.74. The van der Waals surface area contributed by atoms with Crippen LogP contribution in [0.3, 0.4) is 0 Å². The Morgan fingerprint density at radius 1 is 1.31 bits per heavy atom. The SMILES string of the molecule is NC1CCC(c2occc2Br)CC1. The molecule has 1 aromatic rings. The summed E-state index contributed by atoms with van der Waals surface area (Å²) in [4.78, 5) is 0. The van der Waals surface area contributed by atoms with E-state index in [0.717, 1.165) is 35.9 Å². The lowest BCUT2D eigenvalue weighted by molar-refractivity contribution is 0.346. The van der Waals surface area contributed by atoms with Crippen molar-refractivity contribution in [3.63, 3.8) is 0 Å². The molecule has 2 N–H and O–H groups in total. The summed E-state index contributed by atoms with van der Waals surface area (Å²) in [5.74, 6) is 1.68. The predicted molar refractivity (Wildman–Crippen MR) is 55.6 cm³/mol. The second kappa shape index (κ2) is 3.84. The summed E-state index contributed by atoms with van der Waals surface area (Å²) >= 11 is 3.49. The molecule has 1 aliphatic carbocycles. The first-order valence-electron chi connectivity index (χ1n) is 4.76. The minimum Gasteiger partial charge on any atom is -0.468 e. The van der Waals surface area contributed by atoms with Crippen LogP contribution in [0.5, 0.6) is 0 Å². The van der Waals surface area contributed by atoms with E-state index < -0.39 is 0 Å². The van der Waals surface area contributed by atoms with E-state index >= 15 is 0 Å². The van der Waals surface area contributed by atoms with Crippen LogP contribution in [0, 0.1) is 0 Å². The highest BCUT2D eigenvalue weighted by Crippen LogP contribution is 2.36. The van der Waals surface area contributed by atoms with Gasteiger partial charge in [-0.1, -0.05) is 0 Å². The van der Waals surface area contributed by atoms with Gasteiger partial charge in [0, 0.05) is 12.0 Å². The number of halogens is 1.